The first-order valence-electron chi connectivity index (χ1n) is 18.3. The van der Waals surface area contributed by atoms with E-state index in [4.69, 9.17) is 9.26 Å². The average molecular weight is 650 g/mol. The largest absolute Gasteiger partial charge is 0.756 e. The average Bonchev–Trinajstić information content (AvgIpc) is 2.96. The Morgan fingerprint density at radius 3 is 1.36 bits per heavy atom. The van der Waals surface area contributed by atoms with Gasteiger partial charge in [0.1, 0.15) is 25.9 Å². The Morgan fingerprint density at radius 2 is 1.00 bits per heavy atom. The molecule has 2 unspecified atom stereocenters. The summed E-state index contributed by atoms with van der Waals surface area (Å²) in [6, 6.07) is 0. The molecule has 0 radical (unpaired) electrons. The van der Waals surface area contributed by atoms with E-state index in [2.05, 4.69) is 11.4 Å². The van der Waals surface area contributed by atoms with Crippen LogP contribution in [-0.2, 0) is 23.1 Å². The normalized spacial score (nSPS) is 14.0. The molecule has 0 fully saturated rings. The van der Waals surface area contributed by atoms with Crippen LogP contribution in [0.25, 0.3) is 0 Å². The summed E-state index contributed by atoms with van der Waals surface area (Å²) in [5, 5.41) is 9.86. The zero-order valence-corrected chi connectivity index (χ0v) is 30.3. The van der Waals surface area contributed by atoms with Gasteiger partial charge in [-0.2, -0.15) is 0 Å². The number of nitrogens with zero attached hydrogens (tertiary/aromatic N) is 1. The van der Waals surface area contributed by atoms with Gasteiger partial charge in [-0.15, -0.1) is 0 Å². The fourth-order valence-corrected chi connectivity index (χ4v) is 5.92. The Hall–Kier alpha value is -0.500. The van der Waals surface area contributed by atoms with E-state index in [0.29, 0.717) is 17.4 Å². The summed E-state index contributed by atoms with van der Waals surface area (Å²) in [5.74, 6) is -0.382. The van der Waals surface area contributed by atoms with Crippen molar-refractivity contribution in [2.75, 3.05) is 47.5 Å². The van der Waals surface area contributed by atoms with Crippen LogP contribution in [0.1, 0.15) is 167 Å². The van der Waals surface area contributed by atoms with Gasteiger partial charge in [-0.05, 0) is 6.42 Å². The van der Waals surface area contributed by atoms with Crippen molar-refractivity contribution >= 4 is 13.8 Å². The summed E-state index contributed by atoms with van der Waals surface area (Å²) in [5.41, 5.74) is 0. The number of hydrogen-bond acceptors (Lipinski definition) is 7. The smallest absolute Gasteiger partial charge is 0.305 e. The summed E-state index contributed by atoms with van der Waals surface area (Å²) < 4.78 is 26.8. The van der Waals surface area contributed by atoms with E-state index in [9.17, 15) is 19.4 Å². The number of esters is 1. The van der Waals surface area contributed by atoms with Crippen molar-refractivity contribution in [3.8, 4) is 0 Å². The molecule has 0 saturated heterocycles. The molecule has 0 aromatic heterocycles. The number of unbranched alkanes of at least 4 members (excludes halogenated alkanes) is 23. The fourth-order valence-electron chi connectivity index (χ4n) is 5.18. The molecule has 0 aliphatic heterocycles. The van der Waals surface area contributed by atoms with Gasteiger partial charge in [0, 0.05) is 6.42 Å². The van der Waals surface area contributed by atoms with Gasteiger partial charge in [-0.3, -0.25) is 9.36 Å². The minimum Gasteiger partial charge on any atom is -0.756 e. The molecule has 0 aliphatic rings. The molecule has 0 saturated carbocycles. The van der Waals surface area contributed by atoms with Crippen LogP contribution in [0, 0.1) is 0 Å². The summed E-state index contributed by atoms with van der Waals surface area (Å²) in [6.07, 6.45) is 31.2. The van der Waals surface area contributed by atoms with Crippen molar-refractivity contribution in [1.82, 2.24) is 0 Å². The highest BCUT2D eigenvalue weighted by molar-refractivity contribution is 7.45. The standard InChI is InChI=1S/C35H72NO7P/c1-5-6-7-8-9-10-11-12-13-14-15-16-17-18-19-20-21-22-23-24-25-26-27-28-29-35(38)41-32-34(37)33-43-44(39,40)42-31-30-36(2,3)4/h34,37H,5-33H2,1-4H3. The number of phosphoric acid groups is 1. The lowest BCUT2D eigenvalue weighted by atomic mass is 10.0. The van der Waals surface area contributed by atoms with Crippen LogP contribution in [0.15, 0.2) is 0 Å². The highest BCUT2D eigenvalue weighted by Crippen LogP contribution is 2.38. The van der Waals surface area contributed by atoms with Gasteiger partial charge in [0.15, 0.2) is 0 Å². The van der Waals surface area contributed by atoms with Gasteiger partial charge >= 0.3 is 5.97 Å². The molecule has 0 bridgehead atoms. The third-order valence-corrected chi connectivity index (χ3v) is 9.07. The van der Waals surface area contributed by atoms with Gasteiger partial charge in [0.25, 0.3) is 7.82 Å². The van der Waals surface area contributed by atoms with Crippen molar-refractivity contribution in [2.24, 2.45) is 0 Å². The van der Waals surface area contributed by atoms with E-state index in [1.165, 1.54) is 135 Å². The number of hydrogen-bond donors (Lipinski definition) is 1. The van der Waals surface area contributed by atoms with E-state index >= 15 is 0 Å². The van der Waals surface area contributed by atoms with Crippen LogP contribution < -0.4 is 4.89 Å². The number of carbonyl (C=O) groups is 1. The predicted octanol–water partition coefficient (Wildman–Crippen LogP) is 8.87. The third-order valence-electron chi connectivity index (χ3n) is 8.11. The van der Waals surface area contributed by atoms with Gasteiger partial charge < -0.3 is 28.3 Å². The SMILES string of the molecule is CCCCCCCCCCCCCCCCCCCCCCCCCCC(=O)OCC(O)COP(=O)([O-])OCC[N+](C)(C)C. The zero-order chi connectivity index (χ0) is 32.8. The first-order valence-corrected chi connectivity index (χ1v) is 19.8. The molecule has 0 heterocycles. The van der Waals surface area contributed by atoms with Crippen LogP contribution in [0.3, 0.4) is 0 Å². The van der Waals surface area contributed by atoms with E-state index in [-0.39, 0.29) is 19.2 Å². The van der Waals surface area contributed by atoms with Crippen LogP contribution in [0.2, 0.25) is 0 Å². The second kappa shape index (κ2) is 29.9. The molecule has 0 aliphatic carbocycles. The summed E-state index contributed by atoms with van der Waals surface area (Å²) in [7, 11) is 1.26. The quantitative estimate of drug-likeness (QED) is 0.0321. The van der Waals surface area contributed by atoms with Crippen LogP contribution in [-0.4, -0.2) is 69.2 Å². The molecular formula is C35H72NO7P. The number of quaternary nitrogens is 1. The highest BCUT2D eigenvalue weighted by atomic mass is 31.2. The number of ether oxygens (including phenoxy) is 1. The van der Waals surface area contributed by atoms with Gasteiger partial charge in [-0.1, -0.05) is 155 Å². The van der Waals surface area contributed by atoms with Crippen molar-refractivity contribution < 1.29 is 37.6 Å². The first kappa shape index (κ1) is 43.5. The number of carbonyl (C=O) groups excluding carboxylic acids is 1. The summed E-state index contributed by atoms with van der Waals surface area (Å²) >= 11 is 0. The molecule has 0 aromatic rings. The van der Waals surface area contributed by atoms with E-state index in [1.807, 2.05) is 21.1 Å². The lowest BCUT2D eigenvalue weighted by Crippen LogP contribution is -2.37. The Morgan fingerprint density at radius 1 is 0.636 bits per heavy atom. The highest BCUT2D eigenvalue weighted by Gasteiger charge is 2.16. The molecule has 0 spiro atoms. The van der Waals surface area contributed by atoms with Crippen molar-refractivity contribution in [3.63, 3.8) is 0 Å². The van der Waals surface area contributed by atoms with Crippen LogP contribution >= 0.6 is 7.82 Å². The van der Waals surface area contributed by atoms with Crippen molar-refractivity contribution in [3.05, 3.63) is 0 Å². The topological polar surface area (TPSA) is 105 Å². The molecule has 1 N–H and O–H groups in total. The molecule has 264 valence electrons. The Kier molecular flexibility index (Phi) is 29.5. The zero-order valence-electron chi connectivity index (χ0n) is 29.4. The number of phosphoric ester groups is 1. The number of aliphatic hydroxyl groups excluding tert-OH is 1. The molecular weight excluding hydrogens is 577 g/mol. The number of aliphatic hydroxyl groups is 1. The molecule has 2 atom stereocenters. The Bertz CT molecular complexity index is 686. The Labute approximate surface area is 272 Å². The second-order valence-electron chi connectivity index (χ2n) is 13.8. The summed E-state index contributed by atoms with van der Waals surface area (Å²) in [4.78, 5) is 23.6. The fraction of sp³-hybridized carbons (Fsp3) is 0.971. The van der Waals surface area contributed by atoms with Crippen molar-refractivity contribution in [2.45, 2.75) is 174 Å². The van der Waals surface area contributed by atoms with Gasteiger partial charge in [-0.25, -0.2) is 0 Å². The minimum absolute atomic E-state index is 0.00501. The lowest BCUT2D eigenvalue weighted by Gasteiger charge is -2.27. The number of rotatable bonds is 34. The monoisotopic (exact) mass is 650 g/mol. The van der Waals surface area contributed by atoms with Crippen LogP contribution in [0.5, 0.6) is 0 Å². The van der Waals surface area contributed by atoms with Gasteiger partial charge in [0.05, 0.1) is 27.7 Å². The summed E-state index contributed by atoms with van der Waals surface area (Å²) in [6.45, 7) is 1.98. The van der Waals surface area contributed by atoms with E-state index in [0.717, 1.165) is 19.3 Å². The third kappa shape index (κ3) is 34.4. The number of likely N-dealkylation sites (N-methyl/N-ethyl adjacent to an activating group) is 1. The van der Waals surface area contributed by atoms with Crippen LogP contribution in [0.4, 0.5) is 0 Å². The molecule has 44 heavy (non-hydrogen) atoms. The van der Waals surface area contributed by atoms with Crippen molar-refractivity contribution in [1.29, 1.82) is 0 Å². The van der Waals surface area contributed by atoms with E-state index in [1.54, 1.807) is 0 Å². The molecule has 0 aromatic carbocycles. The maximum atomic E-state index is 11.9. The maximum absolute atomic E-state index is 11.9. The lowest BCUT2D eigenvalue weighted by molar-refractivity contribution is -0.870. The molecule has 9 heteroatoms. The molecule has 0 amide bonds. The molecule has 0 rings (SSSR count). The maximum Gasteiger partial charge on any atom is 0.305 e. The molecule has 8 nitrogen and oxygen atoms in total. The second-order valence-corrected chi connectivity index (χ2v) is 15.2. The predicted molar refractivity (Wildman–Crippen MR) is 180 cm³/mol. The Balaban J connectivity index is 3.37. The van der Waals surface area contributed by atoms with E-state index < -0.39 is 20.5 Å². The minimum atomic E-state index is -4.49. The van der Waals surface area contributed by atoms with Gasteiger partial charge in [0.2, 0.25) is 0 Å². The first-order chi connectivity index (χ1) is 21.1.